The zero-order valence-electron chi connectivity index (χ0n) is 10.0. The Hall–Kier alpha value is 0.270. The number of thioether (sulfide) groups is 1. The molecule has 2 aliphatic rings. The lowest BCUT2D eigenvalue weighted by Gasteiger charge is -2.38. The normalized spacial score (nSPS) is 38.4. The molecule has 2 aliphatic heterocycles. The number of likely N-dealkylation sites (tertiary alicyclic amines) is 1. The number of rotatable bonds is 3. The molecule has 2 fully saturated rings. The van der Waals surface area contributed by atoms with Crippen LogP contribution >= 0.6 is 11.8 Å². The zero-order valence-corrected chi connectivity index (χ0v) is 10.9. The van der Waals surface area contributed by atoms with Crippen molar-refractivity contribution >= 4 is 11.8 Å². The summed E-state index contributed by atoms with van der Waals surface area (Å²) in [6.07, 6.45) is 4.24. The lowest BCUT2D eigenvalue weighted by Crippen LogP contribution is -2.46. The minimum Gasteiger partial charge on any atom is -0.319 e. The Labute approximate surface area is 98.2 Å². The highest BCUT2D eigenvalue weighted by atomic mass is 32.2. The van der Waals surface area contributed by atoms with Crippen LogP contribution in [0.3, 0.4) is 0 Å². The van der Waals surface area contributed by atoms with Gasteiger partial charge in [-0.25, -0.2) is 0 Å². The number of nitrogens with zero attached hydrogens (tertiary/aromatic N) is 1. The fraction of sp³-hybridized carbons (Fsp3) is 1.00. The molecule has 15 heavy (non-hydrogen) atoms. The Bertz CT molecular complexity index is 196. The summed E-state index contributed by atoms with van der Waals surface area (Å²) >= 11 is 2.16. The smallest absolute Gasteiger partial charge is 0.0219 e. The van der Waals surface area contributed by atoms with Crippen LogP contribution in [0.4, 0.5) is 0 Å². The molecule has 3 unspecified atom stereocenters. The van der Waals surface area contributed by atoms with Crippen molar-refractivity contribution in [3.63, 3.8) is 0 Å². The molecule has 0 spiro atoms. The van der Waals surface area contributed by atoms with Gasteiger partial charge in [0.25, 0.3) is 0 Å². The van der Waals surface area contributed by atoms with Crippen molar-refractivity contribution in [2.45, 2.75) is 37.5 Å². The standard InChI is InChI=1S/C12H24N2S/c1-10-12(5-7-15-10)14-6-3-4-11(9-14)8-13-2/h10-13H,3-9H2,1-2H3. The van der Waals surface area contributed by atoms with Crippen LogP contribution < -0.4 is 5.32 Å². The topological polar surface area (TPSA) is 15.3 Å². The SMILES string of the molecule is CNCC1CCCN(C2CCSC2C)C1. The molecule has 0 saturated carbocycles. The lowest BCUT2D eigenvalue weighted by molar-refractivity contribution is 0.124. The number of nitrogens with one attached hydrogen (secondary N) is 1. The molecule has 88 valence electrons. The van der Waals surface area contributed by atoms with Gasteiger partial charge in [-0.1, -0.05) is 6.92 Å². The Morgan fingerprint density at radius 2 is 2.27 bits per heavy atom. The summed E-state index contributed by atoms with van der Waals surface area (Å²) in [6, 6.07) is 0.870. The van der Waals surface area contributed by atoms with Gasteiger partial charge in [0, 0.05) is 17.8 Å². The van der Waals surface area contributed by atoms with Crippen LogP contribution in [0.2, 0.25) is 0 Å². The van der Waals surface area contributed by atoms with Crippen LogP contribution in [0.15, 0.2) is 0 Å². The molecule has 1 N–H and O–H groups in total. The molecule has 0 aromatic carbocycles. The third-order valence-electron chi connectivity index (χ3n) is 3.85. The fourth-order valence-corrected chi connectivity index (χ4v) is 4.33. The molecule has 2 nitrogen and oxygen atoms in total. The predicted molar refractivity (Wildman–Crippen MR) is 68.5 cm³/mol. The first-order valence-corrected chi connectivity index (χ1v) is 7.36. The Morgan fingerprint density at radius 3 is 2.93 bits per heavy atom. The summed E-state index contributed by atoms with van der Waals surface area (Å²) in [6.45, 7) is 6.28. The van der Waals surface area contributed by atoms with E-state index >= 15 is 0 Å². The molecule has 2 heterocycles. The van der Waals surface area contributed by atoms with Gasteiger partial charge in [-0.15, -0.1) is 0 Å². The highest BCUT2D eigenvalue weighted by molar-refractivity contribution is 8.00. The molecule has 0 aliphatic carbocycles. The average molecular weight is 228 g/mol. The van der Waals surface area contributed by atoms with Crippen molar-refractivity contribution in [2.24, 2.45) is 5.92 Å². The highest BCUT2D eigenvalue weighted by Crippen LogP contribution is 2.32. The summed E-state index contributed by atoms with van der Waals surface area (Å²) in [5, 5.41) is 4.19. The van der Waals surface area contributed by atoms with Gasteiger partial charge in [-0.3, -0.25) is 4.90 Å². The second-order valence-electron chi connectivity index (χ2n) is 4.99. The monoisotopic (exact) mass is 228 g/mol. The van der Waals surface area contributed by atoms with Gasteiger partial charge < -0.3 is 5.32 Å². The maximum absolute atomic E-state index is 3.33. The van der Waals surface area contributed by atoms with E-state index in [1.54, 1.807) is 0 Å². The molecule has 2 saturated heterocycles. The van der Waals surface area contributed by atoms with Crippen molar-refractivity contribution in [1.82, 2.24) is 10.2 Å². The van der Waals surface area contributed by atoms with Gasteiger partial charge in [0.2, 0.25) is 0 Å². The second-order valence-corrected chi connectivity index (χ2v) is 6.48. The average Bonchev–Trinajstić information content (AvgIpc) is 2.65. The summed E-state index contributed by atoms with van der Waals surface area (Å²) < 4.78 is 0. The van der Waals surface area contributed by atoms with Crippen molar-refractivity contribution in [1.29, 1.82) is 0 Å². The van der Waals surface area contributed by atoms with Crippen molar-refractivity contribution in [3.05, 3.63) is 0 Å². The Kier molecular flexibility index (Phi) is 4.35. The molecule has 0 aromatic rings. The minimum atomic E-state index is 0.860. The van der Waals surface area contributed by atoms with E-state index in [2.05, 4.69) is 35.9 Å². The van der Waals surface area contributed by atoms with E-state index in [-0.39, 0.29) is 0 Å². The largest absolute Gasteiger partial charge is 0.319 e. The molecule has 0 bridgehead atoms. The Balaban J connectivity index is 1.86. The summed E-state index contributed by atoms with van der Waals surface area (Å²) in [5.41, 5.74) is 0. The number of piperidine rings is 1. The van der Waals surface area contributed by atoms with E-state index in [1.807, 2.05) is 0 Å². The molecule has 0 aromatic heterocycles. The van der Waals surface area contributed by atoms with E-state index in [4.69, 9.17) is 0 Å². The van der Waals surface area contributed by atoms with Crippen LogP contribution in [0.1, 0.15) is 26.2 Å². The van der Waals surface area contributed by atoms with Gasteiger partial charge in [0.15, 0.2) is 0 Å². The van der Waals surface area contributed by atoms with Crippen LogP contribution in [0, 0.1) is 5.92 Å². The third-order valence-corrected chi connectivity index (χ3v) is 5.16. The van der Waals surface area contributed by atoms with Gasteiger partial charge in [-0.05, 0) is 51.1 Å². The lowest BCUT2D eigenvalue weighted by atomic mass is 9.95. The molecule has 2 rings (SSSR count). The van der Waals surface area contributed by atoms with Gasteiger partial charge in [0.05, 0.1) is 0 Å². The van der Waals surface area contributed by atoms with Crippen LogP contribution in [0.25, 0.3) is 0 Å². The number of hydrogen-bond donors (Lipinski definition) is 1. The highest BCUT2D eigenvalue weighted by Gasteiger charge is 2.32. The summed E-state index contributed by atoms with van der Waals surface area (Å²) in [4.78, 5) is 2.76. The molecule has 0 radical (unpaired) electrons. The predicted octanol–water partition coefficient (Wildman–Crippen LogP) is 1.81. The second kappa shape index (κ2) is 5.55. The van der Waals surface area contributed by atoms with Crippen LogP contribution in [0.5, 0.6) is 0 Å². The van der Waals surface area contributed by atoms with Crippen molar-refractivity contribution in [3.8, 4) is 0 Å². The maximum atomic E-state index is 3.33. The van der Waals surface area contributed by atoms with E-state index in [0.29, 0.717) is 0 Å². The Morgan fingerprint density at radius 1 is 1.40 bits per heavy atom. The summed E-state index contributed by atoms with van der Waals surface area (Å²) in [7, 11) is 2.08. The van der Waals surface area contributed by atoms with Gasteiger partial charge in [0.1, 0.15) is 0 Å². The first-order chi connectivity index (χ1) is 7.31. The third kappa shape index (κ3) is 2.89. The van der Waals surface area contributed by atoms with Crippen molar-refractivity contribution in [2.75, 3.05) is 32.4 Å². The minimum absolute atomic E-state index is 0.860. The first kappa shape index (κ1) is 11.7. The molecule has 0 amide bonds. The number of hydrogen-bond acceptors (Lipinski definition) is 3. The quantitative estimate of drug-likeness (QED) is 0.793. The maximum Gasteiger partial charge on any atom is 0.0219 e. The van der Waals surface area contributed by atoms with E-state index in [1.165, 1.54) is 44.6 Å². The van der Waals surface area contributed by atoms with E-state index < -0.39 is 0 Å². The van der Waals surface area contributed by atoms with Gasteiger partial charge in [-0.2, -0.15) is 11.8 Å². The molecule has 3 atom stereocenters. The van der Waals surface area contributed by atoms with Crippen LogP contribution in [-0.2, 0) is 0 Å². The van der Waals surface area contributed by atoms with Crippen LogP contribution in [-0.4, -0.2) is 48.6 Å². The van der Waals surface area contributed by atoms with Gasteiger partial charge >= 0.3 is 0 Å². The molecular weight excluding hydrogens is 204 g/mol. The zero-order chi connectivity index (χ0) is 10.7. The molecular formula is C12H24N2S. The van der Waals surface area contributed by atoms with Crippen molar-refractivity contribution < 1.29 is 0 Å². The fourth-order valence-electron chi connectivity index (χ4n) is 3.05. The van der Waals surface area contributed by atoms with E-state index in [0.717, 1.165) is 17.2 Å². The summed E-state index contributed by atoms with van der Waals surface area (Å²) in [5.74, 6) is 2.26. The van der Waals surface area contributed by atoms with E-state index in [9.17, 15) is 0 Å². The first-order valence-electron chi connectivity index (χ1n) is 6.31. The molecule has 3 heteroatoms.